The quantitative estimate of drug-likeness (QED) is 0.337. The number of nitrogens with one attached hydrogen (secondary N) is 3. The molecule has 0 aromatic heterocycles. The van der Waals surface area contributed by atoms with Gasteiger partial charge in [0.05, 0.1) is 13.2 Å². The van der Waals surface area contributed by atoms with Crippen LogP contribution in [-0.2, 0) is 16.0 Å². The van der Waals surface area contributed by atoms with E-state index in [1.54, 1.807) is 0 Å². The van der Waals surface area contributed by atoms with Crippen molar-refractivity contribution in [2.75, 3.05) is 29.1 Å². The van der Waals surface area contributed by atoms with Crippen LogP contribution in [0, 0.1) is 12.8 Å². The fraction of sp³-hybridized carbons (Fsp3) is 0.286. The molecule has 1 aliphatic carbocycles. The third-order valence-electron chi connectivity index (χ3n) is 5.82. The van der Waals surface area contributed by atoms with Crippen LogP contribution in [0.3, 0.4) is 0 Å². The van der Waals surface area contributed by atoms with Gasteiger partial charge in [0, 0.05) is 29.0 Å². The summed E-state index contributed by atoms with van der Waals surface area (Å²) in [5.74, 6) is 0.785. The second kappa shape index (κ2) is 11.4. The number of carbonyl (C=O) groups is 2. The zero-order chi connectivity index (χ0) is 23.8. The van der Waals surface area contributed by atoms with Gasteiger partial charge >= 0.3 is 0 Å². The molecule has 4 rings (SSSR count). The van der Waals surface area contributed by atoms with Crippen molar-refractivity contribution in [1.29, 1.82) is 0 Å². The van der Waals surface area contributed by atoms with E-state index in [1.165, 1.54) is 5.56 Å². The number of amides is 2. The second-order valence-corrected chi connectivity index (χ2v) is 8.61. The Kier molecular flexibility index (Phi) is 7.81. The van der Waals surface area contributed by atoms with Crippen LogP contribution < -0.4 is 20.7 Å². The van der Waals surface area contributed by atoms with Gasteiger partial charge in [-0.15, -0.1) is 0 Å². The van der Waals surface area contributed by atoms with Crippen LogP contribution in [0.25, 0.3) is 0 Å². The first-order valence-corrected chi connectivity index (χ1v) is 11.8. The van der Waals surface area contributed by atoms with E-state index in [9.17, 15) is 9.59 Å². The lowest BCUT2D eigenvalue weighted by Crippen LogP contribution is -2.22. The number of hydrogen-bond donors (Lipinski definition) is 3. The number of anilines is 3. The van der Waals surface area contributed by atoms with Crippen LogP contribution in [0.4, 0.5) is 17.1 Å². The minimum atomic E-state index is -0.159. The van der Waals surface area contributed by atoms with Crippen LogP contribution in [0.15, 0.2) is 72.8 Å². The lowest BCUT2D eigenvalue weighted by molar-refractivity contribution is -0.117. The van der Waals surface area contributed by atoms with Crippen molar-refractivity contribution in [2.24, 2.45) is 5.92 Å². The minimum absolute atomic E-state index is 0.0696. The molecule has 34 heavy (non-hydrogen) atoms. The van der Waals surface area contributed by atoms with Crippen molar-refractivity contribution in [3.8, 4) is 5.75 Å². The molecule has 0 spiro atoms. The Balaban J connectivity index is 1.23. The Morgan fingerprint density at radius 3 is 2.47 bits per heavy atom. The highest BCUT2D eigenvalue weighted by molar-refractivity contribution is 5.96. The molecule has 0 heterocycles. The molecule has 2 amide bonds. The number of benzene rings is 3. The van der Waals surface area contributed by atoms with E-state index in [-0.39, 0.29) is 24.3 Å². The van der Waals surface area contributed by atoms with Gasteiger partial charge in [-0.3, -0.25) is 9.59 Å². The molecule has 176 valence electrons. The summed E-state index contributed by atoms with van der Waals surface area (Å²) in [5.41, 5.74) is 4.49. The molecule has 6 nitrogen and oxygen atoms in total. The Bertz CT molecular complexity index is 1130. The summed E-state index contributed by atoms with van der Waals surface area (Å²) in [6, 6.07) is 23.4. The van der Waals surface area contributed by atoms with E-state index in [2.05, 4.69) is 28.1 Å². The summed E-state index contributed by atoms with van der Waals surface area (Å²) in [4.78, 5) is 24.6. The molecule has 0 radical (unpaired) electrons. The first-order valence-electron chi connectivity index (χ1n) is 11.8. The summed E-state index contributed by atoms with van der Waals surface area (Å²) in [6.45, 7) is 2.66. The molecule has 3 aromatic carbocycles. The molecule has 0 atom stereocenters. The third-order valence-corrected chi connectivity index (χ3v) is 5.82. The van der Waals surface area contributed by atoms with Crippen LogP contribution in [0.2, 0.25) is 0 Å². The standard InChI is InChI=1S/C28H31N3O3/c1-20-25(13-6-14-26(20)31-28(33)22-15-16-22)29-19-27(32)30-23-11-5-12-24(18-23)34-17-7-10-21-8-3-2-4-9-21/h2-6,8-9,11-14,18,22,29H,7,10,15-17,19H2,1H3,(H,30,32)(H,31,33). The van der Waals surface area contributed by atoms with Crippen molar-refractivity contribution < 1.29 is 14.3 Å². The van der Waals surface area contributed by atoms with Gasteiger partial charge < -0.3 is 20.7 Å². The molecular formula is C28H31N3O3. The largest absolute Gasteiger partial charge is 0.494 e. The van der Waals surface area contributed by atoms with Crippen LogP contribution in [0.5, 0.6) is 5.75 Å². The highest BCUT2D eigenvalue weighted by Gasteiger charge is 2.29. The zero-order valence-corrected chi connectivity index (χ0v) is 19.5. The summed E-state index contributed by atoms with van der Waals surface area (Å²) < 4.78 is 5.86. The minimum Gasteiger partial charge on any atom is -0.494 e. The molecule has 1 fully saturated rings. The SMILES string of the molecule is Cc1c(NCC(=O)Nc2cccc(OCCCc3ccccc3)c2)cccc1NC(=O)C1CC1. The number of ether oxygens (including phenoxy) is 1. The Morgan fingerprint density at radius 1 is 0.912 bits per heavy atom. The van der Waals surface area contributed by atoms with E-state index in [0.29, 0.717) is 12.3 Å². The number of hydrogen-bond acceptors (Lipinski definition) is 4. The van der Waals surface area contributed by atoms with E-state index >= 15 is 0 Å². The number of aryl methyl sites for hydroxylation is 1. The predicted molar refractivity (Wildman–Crippen MR) is 136 cm³/mol. The van der Waals surface area contributed by atoms with E-state index in [0.717, 1.165) is 48.4 Å². The van der Waals surface area contributed by atoms with E-state index in [4.69, 9.17) is 4.74 Å². The smallest absolute Gasteiger partial charge is 0.243 e. The van der Waals surface area contributed by atoms with Gasteiger partial charge in [-0.05, 0) is 68.0 Å². The normalized spacial score (nSPS) is 12.6. The van der Waals surface area contributed by atoms with Gasteiger partial charge in [-0.25, -0.2) is 0 Å². The maximum Gasteiger partial charge on any atom is 0.243 e. The average molecular weight is 458 g/mol. The average Bonchev–Trinajstić information content (AvgIpc) is 3.69. The van der Waals surface area contributed by atoms with Gasteiger partial charge in [0.15, 0.2) is 0 Å². The van der Waals surface area contributed by atoms with Gasteiger partial charge in [-0.2, -0.15) is 0 Å². The maximum absolute atomic E-state index is 12.5. The lowest BCUT2D eigenvalue weighted by atomic mass is 10.1. The van der Waals surface area contributed by atoms with E-state index < -0.39 is 0 Å². The number of carbonyl (C=O) groups excluding carboxylic acids is 2. The lowest BCUT2D eigenvalue weighted by Gasteiger charge is -2.14. The first-order chi connectivity index (χ1) is 16.6. The highest BCUT2D eigenvalue weighted by atomic mass is 16.5. The van der Waals surface area contributed by atoms with Crippen molar-refractivity contribution in [3.63, 3.8) is 0 Å². The van der Waals surface area contributed by atoms with Crippen LogP contribution >= 0.6 is 0 Å². The second-order valence-electron chi connectivity index (χ2n) is 8.61. The Labute approximate surface area is 200 Å². The summed E-state index contributed by atoms with van der Waals surface area (Å²) >= 11 is 0. The Morgan fingerprint density at radius 2 is 1.68 bits per heavy atom. The van der Waals surface area contributed by atoms with Crippen LogP contribution in [-0.4, -0.2) is 25.0 Å². The van der Waals surface area contributed by atoms with Crippen molar-refractivity contribution in [1.82, 2.24) is 0 Å². The van der Waals surface area contributed by atoms with E-state index in [1.807, 2.05) is 67.6 Å². The summed E-state index contributed by atoms with van der Waals surface area (Å²) in [5, 5.41) is 9.06. The highest BCUT2D eigenvalue weighted by Crippen LogP contribution is 2.31. The molecule has 0 bridgehead atoms. The van der Waals surface area contributed by atoms with Gasteiger partial charge in [0.2, 0.25) is 11.8 Å². The molecule has 6 heteroatoms. The predicted octanol–water partition coefficient (Wildman–Crippen LogP) is 5.41. The van der Waals surface area contributed by atoms with Gasteiger partial charge in [0.25, 0.3) is 0 Å². The Hall–Kier alpha value is -3.80. The van der Waals surface area contributed by atoms with Crippen molar-refractivity contribution >= 4 is 28.9 Å². The van der Waals surface area contributed by atoms with Gasteiger partial charge in [0.1, 0.15) is 5.75 Å². The maximum atomic E-state index is 12.5. The fourth-order valence-electron chi connectivity index (χ4n) is 3.70. The van der Waals surface area contributed by atoms with Gasteiger partial charge in [-0.1, -0.05) is 42.5 Å². The number of rotatable bonds is 11. The first kappa shape index (κ1) is 23.4. The topological polar surface area (TPSA) is 79.5 Å². The molecule has 0 unspecified atom stereocenters. The third kappa shape index (κ3) is 6.85. The molecule has 3 aromatic rings. The molecule has 0 saturated heterocycles. The van der Waals surface area contributed by atoms with Crippen molar-refractivity contribution in [3.05, 3.63) is 83.9 Å². The monoisotopic (exact) mass is 457 g/mol. The molecule has 1 aliphatic rings. The molecule has 3 N–H and O–H groups in total. The zero-order valence-electron chi connectivity index (χ0n) is 19.5. The van der Waals surface area contributed by atoms with Crippen molar-refractivity contribution in [2.45, 2.75) is 32.6 Å². The molecule has 0 aliphatic heterocycles. The molecular weight excluding hydrogens is 426 g/mol. The summed E-state index contributed by atoms with van der Waals surface area (Å²) in [7, 11) is 0. The molecule has 1 saturated carbocycles. The van der Waals surface area contributed by atoms with Crippen LogP contribution in [0.1, 0.15) is 30.4 Å². The fourth-order valence-corrected chi connectivity index (χ4v) is 3.70. The summed E-state index contributed by atoms with van der Waals surface area (Å²) in [6.07, 6.45) is 3.81.